The molecule has 0 radical (unpaired) electrons. The van der Waals surface area contributed by atoms with Crippen molar-refractivity contribution in [3.8, 4) is 5.75 Å². The molecule has 0 spiro atoms. The maximum absolute atomic E-state index is 6.20. The molecule has 0 saturated heterocycles. The van der Waals surface area contributed by atoms with Crippen molar-refractivity contribution in [2.45, 2.75) is 71.9 Å². The van der Waals surface area contributed by atoms with Gasteiger partial charge in [-0.1, -0.05) is 55.1 Å². The number of nitrogens with one attached hydrogen (secondary N) is 1. The molecule has 0 heterocycles. The Morgan fingerprint density at radius 3 is 2.57 bits per heavy atom. The van der Waals surface area contributed by atoms with Gasteiger partial charge in [-0.15, -0.1) is 0 Å². The average Bonchev–Trinajstić information content (AvgIpc) is 2.44. The van der Waals surface area contributed by atoms with Crippen LogP contribution >= 0.6 is 15.9 Å². The lowest BCUT2D eigenvalue weighted by Gasteiger charge is -2.21. The highest BCUT2D eigenvalue weighted by Gasteiger charge is 2.13. The Hall–Kier alpha value is -0.540. The van der Waals surface area contributed by atoms with Crippen molar-refractivity contribution in [2.24, 2.45) is 0 Å². The van der Waals surface area contributed by atoms with E-state index in [9.17, 15) is 0 Å². The van der Waals surface area contributed by atoms with Crippen molar-refractivity contribution in [3.05, 3.63) is 28.2 Å². The minimum atomic E-state index is 0.267. The molecule has 0 bridgehead atoms. The molecule has 0 aliphatic carbocycles. The van der Waals surface area contributed by atoms with E-state index in [1.54, 1.807) is 0 Å². The SMILES string of the molecule is CCCCCCC(C)Oc1cc(Br)ccc1C(C)NCC. The molecule has 1 rings (SSSR count). The van der Waals surface area contributed by atoms with Crippen LogP contribution in [-0.2, 0) is 0 Å². The highest BCUT2D eigenvalue weighted by molar-refractivity contribution is 9.10. The maximum Gasteiger partial charge on any atom is 0.125 e. The second-order valence-corrected chi connectivity index (χ2v) is 6.65. The van der Waals surface area contributed by atoms with Gasteiger partial charge in [0.2, 0.25) is 0 Å². The molecule has 2 atom stereocenters. The quantitative estimate of drug-likeness (QED) is 0.530. The van der Waals surface area contributed by atoms with Crippen molar-refractivity contribution in [3.63, 3.8) is 0 Å². The molecule has 0 aliphatic rings. The van der Waals surface area contributed by atoms with Crippen LogP contribution in [0.5, 0.6) is 5.75 Å². The van der Waals surface area contributed by atoms with E-state index < -0.39 is 0 Å². The first-order valence-electron chi connectivity index (χ1n) is 8.27. The normalized spacial score (nSPS) is 14.0. The lowest BCUT2D eigenvalue weighted by Crippen LogP contribution is -2.20. The van der Waals surface area contributed by atoms with Gasteiger partial charge in [-0.25, -0.2) is 0 Å². The van der Waals surface area contributed by atoms with Gasteiger partial charge in [0.1, 0.15) is 5.75 Å². The fourth-order valence-corrected chi connectivity index (χ4v) is 2.86. The minimum Gasteiger partial charge on any atom is -0.490 e. The summed E-state index contributed by atoms with van der Waals surface area (Å²) in [5.41, 5.74) is 1.24. The van der Waals surface area contributed by atoms with Crippen LogP contribution in [0.2, 0.25) is 0 Å². The van der Waals surface area contributed by atoms with Gasteiger partial charge in [0.05, 0.1) is 6.10 Å². The van der Waals surface area contributed by atoms with Crippen LogP contribution in [0.15, 0.2) is 22.7 Å². The van der Waals surface area contributed by atoms with Crippen molar-refractivity contribution in [1.82, 2.24) is 5.32 Å². The van der Waals surface area contributed by atoms with E-state index in [0.717, 1.165) is 23.2 Å². The third-order valence-electron chi connectivity index (χ3n) is 3.74. The van der Waals surface area contributed by atoms with Gasteiger partial charge < -0.3 is 10.1 Å². The Bertz CT molecular complexity index is 408. The Morgan fingerprint density at radius 1 is 1.14 bits per heavy atom. The third-order valence-corrected chi connectivity index (χ3v) is 4.24. The first-order chi connectivity index (χ1) is 10.1. The molecular formula is C18H30BrNO. The number of hydrogen-bond acceptors (Lipinski definition) is 2. The Labute approximate surface area is 138 Å². The number of halogens is 1. The molecule has 3 heteroatoms. The molecule has 1 aromatic carbocycles. The summed E-state index contributed by atoms with van der Waals surface area (Å²) in [6.07, 6.45) is 6.56. The summed E-state index contributed by atoms with van der Waals surface area (Å²) >= 11 is 3.55. The third kappa shape index (κ3) is 6.84. The Kier molecular flexibility index (Phi) is 9.02. The van der Waals surface area contributed by atoms with Gasteiger partial charge in [0.25, 0.3) is 0 Å². The second kappa shape index (κ2) is 10.2. The van der Waals surface area contributed by atoms with Gasteiger partial charge in [0, 0.05) is 16.1 Å². The molecule has 1 N–H and O–H groups in total. The second-order valence-electron chi connectivity index (χ2n) is 5.74. The Balaban J connectivity index is 2.65. The van der Waals surface area contributed by atoms with Gasteiger partial charge >= 0.3 is 0 Å². The number of unbranched alkanes of at least 4 members (excludes halogenated alkanes) is 3. The topological polar surface area (TPSA) is 21.3 Å². The van der Waals surface area contributed by atoms with Crippen LogP contribution in [-0.4, -0.2) is 12.6 Å². The molecule has 0 aromatic heterocycles. The maximum atomic E-state index is 6.20. The summed E-state index contributed by atoms with van der Waals surface area (Å²) in [4.78, 5) is 0. The monoisotopic (exact) mass is 355 g/mol. The fraction of sp³-hybridized carbons (Fsp3) is 0.667. The molecule has 0 amide bonds. The molecule has 0 aliphatic heterocycles. The number of hydrogen-bond donors (Lipinski definition) is 1. The summed E-state index contributed by atoms with van der Waals surface area (Å²) < 4.78 is 7.28. The van der Waals surface area contributed by atoms with Crippen LogP contribution in [0.4, 0.5) is 0 Å². The highest BCUT2D eigenvalue weighted by Crippen LogP contribution is 2.30. The standard InChI is InChI=1S/C18H30BrNO/c1-5-7-8-9-10-14(3)21-18-13-16(19)11-12-17(18)15(4)20-6-2/h11-15,20H,5-10H2,1-4H3. The van der Waals surface area contributed by atoms with Gasteiger partial charge in [-0.2, -0.15) is 0 Å². The van der Waals surface area contributed by atoms with E-state index in [1.165, 1.54) is 31.2 Å². The van der Waals surface area contributed by atoms with Crippen LogP contribution in [0.25, 0.3) is 0 Å². The Morgan fingerprint density at radius 2 is 1.90 bits per heavy atom. The molecule has 1 aromatic rings. The van der Waals surface area contributed by atoms with E-state index in [4.69, 9.17) is 4.74 Å². The average molecular weight is 356 g/mol. The number of ether oxygens (including phenoxy) is 1. The first-order valence-corrected chi connectivity index (χ1v) is 9.07. The summed E-state index contributed by atoms with van der Waals surface area (Å²) in [6.45, 7) is 9.70. The van der Waals surface area contributed by atoms with Crippen molar-refractivity contribution in [2.75, 3.05) is 6.54 Å². The summed E-state index contributed by atoms with van der Waals surface area (Å²) in [5.74, 6) is 1.00. The first kappa shape index (κ1) is 18.5. The van der Waals surface area contributed by atoms with Gasteiger partial charge in [-0.05, 0) is 45.4 Å². The number of benzene rings is 1. The lowest BCUT2D eigenvalue weighted by molar-refractivity contribution is 0.203. The zero-order valence-corrected chi connectivity index (χ0v) is 15.5. The molecule has 21 heavy (non-hydrogen) atoms. The van der Waals surface area contributed by atoms with Gasteiger partial charge in [0.15, 0.2) is 0 Å². The zero-order valence-electron chi connectivity index (χ0n) is 13.9. The van der Waals surface area contributed by atoms with Crippen LogP contribution in [0, 0.1) is 0 Å². The molecule has 2 nitrogen and oxygen atoms in total. The molecule has 0 fully saturated rings. The van der Waals surface area contributed by atoms with E-state index in [1.807, 2.05) is 0 Å². The van der Waals surface area contributed by atoms with E-state index >= 15 is 0 Å². The van der Waals surface area contributed by atoms with Crippen molar-refractivity contribution in [1.29, 1.82) is 0 Å². The largest absolute Gasteiger partial charge is 0.490 e. The van der Waals surface area contributed by atoms with E-state index in [-0.39, 0.29) is 6.10 Å². The minimum absolute atomic E-state index is 0.267. The molecule has 2 unspecified atom stereocenters. The van der Waals surface area contributed by atoms with Gasteiger partial charge in [-0.3, -0.25) is 0 Å². The summed E-state index contributed by atoms with van der Waals surface area (Å²) in [6, 6.07) is 6.63. The summed E-state index contributed by atoms with van der Waals surface area (Å²) in [7, 11) is 0. The smallest absolute Gasteiger partial charge is 0.125 e. The zero-order chi connectivity index (χ0) is 15.7. The van der Waals surface area contributed by atoms with Crippen LogP contribution in [0.3, 0.4) is 0 Å². The van der Waals surface area contributed by atoms with Crippen LogP contribution < -0.4 is 10.1 Å². The van der Waals surface area contributed by atoms with E-state index in [0.29, 0.717) is 6.04 Å². The molecule has 120 valence electrons. The predicted molar refractivity (Wildman–Crippen MR) is 95.1 cm³/mol. The predicted octanol–water partition coefficient (Wildman–Crippen LogP) is 5.86. The highest BCUT2D eigenvalue weighted by atomic mass is 79.9. The van der Waals surface area contributed by atoms with E-state index in [2.05, 4.69) is 67.1 Å². The van der Waals surface area contributed by atoms with Crippen LogP contribution in [0.1, 0.15) is 71.4 Å². The lowest BCUT2D eigenvalue weighted by atomic mass is 10.1. The van der Waals surface area contributed by atoms with Crippen molar-refractivity contribution < 1.29 is 4.74 Å². The summed E-state index contributed by atoms with van der Waals surface area (Å²) in [5, 5.41) is 3.46. The molecule has 0 saturated carbocycles. The fourth-order valence-electron chi connectivity index (χ4n) is 2.52. The van der Waals surface area contributed by atoms with Crippen molar-refractivity contribution >= 4 is 15.9 Å². The number of rotatable bonds is 10. The molecular weight excluding hydrogens is 326 g/mol.